The number of carbonyl (C=O) groups is 1. The van der Waals surface area contributed by atoms with E-state index in [-0.39, 0.29) is 18.2 Å². The van der Waals surface area contributed by atoms with Gasteiger partial charge in [0.15, 0.2) is 17.3 Å². The van der Waals surface area contributed by atoms with Gasteiger partial charge >= 0.3 is 0 Å². The van der Waals surface area contributed by atoms with Gasteiger partial charge in [-0.15, -0.1) is 12.4 Å². The molecule has 5 heteroatoms. The highest BCUT2D eigenvalue weighted by molar-refractivity contribution is 5.96. The molecule has 4 nitrogen and oxygen atoms in total. The Bertz CT molecular complexity index is 743. The quantitative estimate of drug-likeness (QED) is 0.583. The van der Waals surface area contributed by atoms with Gasteiger partial charge in [-0.05, 0) is 68.6 Å². The van der Waals surface area contributed by atoms with Gasteiger partial charge in [-0.3, -0.25) is 4.79 Å². The second-order valence-electron chi connectivity index (χ2n) is 7.12. The average Bonchev–Trinajstić information content (AvgIpc) is 2.74. The largest absolute Gasteiger partial charge is 0.493 e. The van der Waals surface area contributed by atoms with Gasteiger partial charge in [0.05, 0.1) is 14.2 Å². The summed E-state index contributed by atoms with van der Waals surface area (Å²) in [6.07, 6.45) is 3.86. The summed E-state index contributed by atoms with van der Waals surface area (Å²) in [6, 6.07) is 16.2. The molecular formula is C23H30ClNO3. The van der Waals surface area contributed by atoms with Crippen molar-refractivity contribution < 1.29 is 14.3 Å². The van der Waals surface area contributed by atoms with Crippen molar-refractivity contribution in [3.63, 3.8) is 0 Å². The standard InChI is InChI=1S/C23H29NO3.ClH/c1-26-22-11-10-20(17-23(22)27-2)21(25)9-6-14-24-15-12-19(13-16-24)18-7-4-3-5-8-18;/h3-5,7-8,10-11,17,19H,6,9,12-16H2,1-2H3;1H. The lowest BCUT2D eigenvalue weighted by Crippen LogP contribution is -2.33. The van der Waals surface area contributed by atoms with Crippen LogP contribution in [0.2, 0.25) is 0 Å². The van der Waals surface area contributed by atoms with Crippen LogP contribution < -0.4 is 9.47 Å². The van der Waals surface area contributed by atoms with E-state index in [9.17, 15) is 4.79 Å². The molecule has 1 fully saturated rings. The van der Waals surface area contributed by atoms with E-state index in [1.165, 1.54) is 18.4 Å². The molecule has 0 radical (unpaired) electrons. The third-order valence-electron chi connectivity index (χ3n) is 5.44. The molecule has 1 aliphatic rings. The molecule has 0 atom stereocenters. The number of methoxy groups -OCH3 is 2. The van der Waals surface area contributed by atoms with Crippen LogP contribution in [0.5, 0.6) is 11.5 Å². The van der Waals surface area contributed by atoms with E-state index in [1.807, 2.05) is 6.07 Å². The molecule has 1 heterocycles. The summed E-state index contributed by atoms with van der Waals surface area (Å²) < 4.78 is 10.5. The molecule has 28 heavy (non-hydrogen) atoms. The predicted octanol–water partition coefficient (Wildman–Crippen LogP) is 4.97. The van der Waals surface area contributed by atoms with Gasteiger partial charge in [0.25, 0.3) is 0 Å². The second-order valence-corrected chi connectivity index (χ2v) is 7.12. The van der Waals surface area contributed by atoms with Gasteiger partial charge in [0.1, 0.15) is 0 Å². The first-order chi connectivity index (χ1) is 13.2. The molecule has 0 bridgehead atoms. The number of nitrogens with zero attached hydrogens (tertiary/aromatic N) is 1. The maximum atomic E-state index is 12.5. The Kier molecular flexibility index (Phi) is 8.81. The molecular weight excluding hydrogens is 374 g/mol. The molecule has 0 unspecified atom stereocenters. The van der Waals surface area contributed by atoms with Crippen molar-refractivity contribution in [1.82, 2.24) is 4.90 Å². The lowest BCUT2D eigenvalue weighted by Gasteiger charge is -2.32. The number of piperidine rings is 1. The van der Waals surface area contributed by atoms with Crippen LogP contribution in [-0.2, 0) is 0 Å². The average molecular weight is 404 g/mol. The lowest BCUT2D eigenvalue weighted by atomic mass is 9.89. The summed E-state index contributed by atoms with van der Waals surface area (Å²) in [5.74, 6) is 2.09. The Morgan fingerprint density at radius 1 is 1.00 bits per heavy atom. The highest BCUT2D eigenvalue weighted by atomic mass is 35.5. The molecule has 1 saturated heterocycles. The maximum absolute atomic E-state index is 12.5. The van der Waals surface area contributed by atoms with Crippen LogP contribution in [0.1, 0.15) is 47.5 Å². The Morgan fingerprint density at radius 2 is 1.68 bits per heavy atom. The molecule has 0 aliphatic carbocycles. The van der Waals surface area contributed by atoms with Gasteiger partial charge in [0.2, 0.25) is 0 Å². The van der Waals surface area contributed by atoms with Crippen LogP contribution in [0, 0.1) is 0 Å². The zero-order chi connectivity index (χ0) is 19.1. The summed E-state index contributed by atoms with van der Waals surface area (Å²) >= 11 is 0. The fourth-order valence-electron chi connectivity index (χ4n) is 3.83. The van der Waals surface area contributed by atoms with E-state index in [1.54, 1.807) is 26.4 Å². The van der Waals surface area contributed by atoms with Crippen molar-refractivity contribution in [2.75, 3.05) is 33.9 Å². The molecule has 3 rings (SSSR count). The van der Waals surface area contributed by atoms with E-state index < -0.39 is 0 Å². The SMILES string of the molecule is COc1ccc(C(=O)CCCN2CCC(c3ccccc3)CC2)cc1OC.Cl. The number of ether oxygens (including phenoxy) is 2. The van der Waals surface area contributed by atoms with Gasteiger partial charge in [-0.1, -0.05) is 30.3 Å². The molecule has 0 aromatic heterocycles. The normalized spacial score (nSPS) is 14.9. The molecule has 0 N–H and O–H groups in total. The zero-order valence-corrected chi connectivity index (χ0v) is 17.5. The van der Waals surface area contributed by atoms with Crippen LogP contribution >= 0.6 is 12.4 Å². The number of carbonyl (C=O) groups excluding carboxylic acids is 1. The number of halogens is 1. The van der Waals surface area contributed by atoms with Crippen LogP contribution in [0.3, 0.4) is 0 Å². The van der Waals surface area contributed by atoms with Crippen molar-refractivity contribution in [3.8, 4) is 11.5 Å². The minimum absolute atomic E-state index is 0. The molecule has 2 aromatic carbocycles. The number of Topliss-reactive ketones (excluding diaryl/α,β-unsaturated/α-hetero) is 1. The van der Waals surface area contributed by atoms with Gasteiger partial charge < -0.3 is 14.4 Å². The van der Waals surface area contributed by atoms with Gasteiger partial charge in [0, 0.05) is 12.0 Å². The molecule has 152 valence electrons. The topological polar surface area (TPSA) is 38.8 Å². The highest BCUT2D eigenvalue weighted by Crippen LogP contribution is 2.29. The third kappa shape index (κ3) is 5.73. The lowest BCUT2D eigenvalue weighted by molar-refractivity contribution is 0.0972. The van der Waals surface area contributed by atoms with Crippen molar-refractivity contribution in [2.24, 2.45) is 0 Å². The molecule has 1 aliphatic heterocycles. The fourth-order valence-corrected chi connectivity index (χ4v) is 3.83. The molecule has 0 saturated carbocycles. The monoisotopic (exact) mass is 403 g/mol. The number of ketones is 1. The minimum atomic E-state index is 0. The summed E-state index contributed by atoms with van der Waals surface area (Å²) in [5.41, 5.74) is 2.15. The van der Waals surface area contributed by atoms with Crippen LogP contribution in [0.25, 0.3) is 0 Å². The fraction of sp³-hybridized carbons (Fsp3) is 0.435. The van der Waals surface area contributed by atoms with E-state index in [0.717, 1.165) is 26.1 Å². The highest BCUT2D eigenvalue weighted by Gasteiger charge is 2.20. The van der Waals surface area contributed by atoms with Gasteiger partial charge in [-0.25, -0.2) is 0 Å². The summed E-state index contributed by atoms with van der Waals surface area (Å²) in [5, 5.41) is 0. The van der Waals surface area contributed by atoms with Crippen LogP contribution in [0.4, 0.5) is 0 Å². The maximum Gasteiger partial charge on any atom is 0.163 e. The van der Waals surface area contributed by atoms with E-state index in [4.69, 9.17) is 9.47 Å². The van der Waals surface area contributed by atoms with Crippen LogP contribution in [-0.4, -0.2) is 44.5 Å². The number of hydrogen-bond donors (Lipinski definition) is 0. The third-order valence-corrected chi connectivity index (χ3v) is 5.44. The van der Waals surface area contributed by atoms with Gasteiger partial charge in [-0.2, -0.15) is 0 Å². The predicted molar refractivity (Wildman–Crippen MR) is 115 cm³/mol. The zero-order valence-electron chi connectivity index (χ0n) is 16.7. The Balaban J connectivity index is 0.00000280. The Hall–Kier alpha value is -2.04. The Morgan fingerprint density at radius 3 is 2.32 bits per heavy atom. The molecule has 0 amide bonds. The summed E-state index contributed by atoms with van der Waals surface area (Å²) in [7, 11) is 3.19. The van der Waals surface area contributed by atoms with Crippen LogP contribution in [0.15, 0.2) is 48.5 Å². The molecule has 2 aromatic rings. The van der Waals surface area contributed by atoms with Crippen molar-refractivity contribution in [2.45, 2.75) is 31.6 Å². The van der Waals surface area contributed by atoms with Crippen molar-refractivity contribution in [3.05, 3.63) is 59.7 Å². The number of benzene rings is 2. The summed E-state index contributed by atoms with van der Waals surface area (Å²) in [4.78, 5) is 15.0. The second kappa shape index (κ2) is 11.1. The number of likely N-dealkylation sites (tertiary alicyclic amines) is 1. The van der Waals surface area contributed by atoms with E-state index >= 15 is 0 Å². The van der Waals surface area contributed by atoms with E-state index in [0.29, 0.717) is 29.4 Å². The number of rotatable bonds is 8. The smallest absolute Gasteiger partial charge is 0.163 e. The number of hydrogen-bond acceptors (Lipinski definition) is 4. The first-order valence-corrected chi connectivity index (χ1v) is 9.73. The van der Waals surface area contributed by atoms with E-state index in [2.05, 4.69) is 35.2 Å². The first kappa shape index (κ1) is 22.3. The minimum Gasteiger partial charge on any atom is -0.493 e. The Labute approximate surface area is 174 Å². The van der Waals surface area contributed by atoms with Crippen molar-refractivity contribution in [1.29, 1.82) is 0 Å². The molecule has 0 spiro atoms. The first-order valence-electron chi connectivity index (χ1n) is 9.73. The van der Waals surface area contributed by atoms with Crippen molar-refractivity contribution >= 4 is 18.2 Å². The summed E-state index contributed by atoms with van der Waals surface area (Å²) in [6.45, 7) is 3.22.